The van der Waals surface area contributed by atoms with Crippen molar-refractivity contribution in [1.82, 2.24) is 4.90 Å². The van der Waals surface area contributed by atoms with Crippen molar-refractivity contribution < 1.29 is 64.8 Å². The molecule has 286 valence electrons. The van der Waals surface area contributed by atoms with Crippen molar-refractivity contribution >= 4 is 35.4 Å². The van der Waals surface area contributed by atoms with Crippen LogP contribution in [0.15, 0.2) is 36.4 Å². The number of amides is 3. The molecule has 0 radical (unpaired) electrons. The largest absolute Gasteiger partial charge is 0.487 e. The Bertz CT molecular complexity index is 1670. The molecule has 1 aliphatic heterocycles. The minimum absolute atomic E-state index is 0.160. The minimum atomic E-state index is -5.61. The smallest absolute Gasteiger partial charge is 0.471 e. The van der Waals surface area contributed by atoms with E-state index in [0.717, 1.165) is 11.0 Å². The highest BCUT2D eigenvalue weighted by molar-refractivity contribution is 6.03. The zero-order chi connectivity index (χ0) is 39.0. The van der Waals surface area contributed by atoms with Crippen molar-refractivity contribution in [2.75, 3.05) is 29.4 Å². The van der Waals surface area contributed by atoms with Crippen LogP contribution in [0.3, 0.4) is 0 Å². The molecule has 52 heavy (non-hydrogen) atoms. The Balaban J connectivity index is 1.82. The van der Waals surface area contributed by atoms with Crippen molar-refractivity contribution in [2.45, 2.75) is 96.8 Å². The molecule has 1 atom stereocenters. The first-order valence-corrected chi connectivity index (χ1v) is 16.4. The van der Waals surface area contributed by atoms with Crippen LogP contribution in [0, 0.1) is 11.7 Å². The van der Waals surface area contributed by atoms with Gasteiger partial charge in [-0.25, -0.2) is 22.8 Å². The Hall–Kier alpha value is -4.70. The van der Waals surface area contributed by atoms with E-state index in [1.165, 1.54) is 20.8 Å². The average molecular weight is 746 g/mol. The molecule has 0 aromatic heterocycles. The van der Waals surface area contributed by atoms with Gasteiger partial charge in [-0.2, -0.15) is 13.2 Å². The normalized spacial score (nSPS) is 17.2. The van der Waals surface area contributed by atoms with Gasteiger partial charge in [0.1, 0.15) is 35.8 Å². The summed E-state index contributed by atoms with van der Waals surface area (Å²) in [4.78, 5) is 53.2. The maximum atomic E-state index is 16.8. The van der Waals surface area contributed by atoms with Crippen LogP contribution in [0.1, 0.15) is 65.5 Å². The minimum Gasteiger partial charge on any atom is -0.487 e. The second-order valence-corrected chi connectivity index (χ2v) is 14.8. The zero-order valence-electron chi connectivity index (χ0n) is 29.5. The van der Waals surface area contributed by atoms with E-state index >= 15 is 4.39 Å². The number of halogens is 6. The number of hydrogen-bond acceptors (Lipinski definition) is 7. The molecule has 1 heterocycles. The predicted octanol–water partition coefficient (Wildman–Crippen LogP) is 7.33. The van der Waals surface area contributed by atoms with E-state index in [1.54, 1.807) is 51.1 Å². The van der Waals surface area contributed by atoms with Crippen molar-refractivity contribution in [3.63, 3.8) is 0 Å². The fourth-order valence-electron chi connectivity index (χ4n) is 6.02. The number of carbonyl (C=O) groups is 4. The average Bonchev–Trinajstić information content (AvgIpc) is 3.34. The number of alkyl halides is 5. The quantitative estimate of drug-likeness (QED) is 0.198. The molecule has 0 bridgehead atoms. The summed E-state index contributed by atoms with van der Waals surface area (Å²) in [5.74, 6) is -9.71. The standard InChI is InChI=1S/C35H41F6N3O8/c1-32(2,3)51-26(45)18-43(29(46)35(39,40)41)28-25(50-19-20-10-8-7-9-11-20)13-24-23(27(28)36)12-22(44(24)30(47)48)17-42(31(49)52-33(4,5)6)16-21-14-34(37,38)15-21/h7-11,13,21-22H,12,14-19H2,1-6H3,(H,47,48)/t22-/m1/s1. The Morgan fingerprint density at radius 2 is 1.54 bits per heavy atom. The molecular weight excluding hydrogens is 704 g/mol. The van der Waals surface area contributed by atoms with E-state index in [9.17, 15) is 46.2 Å². The second kappa shape index (κ2) is 14.7. The number of benzene rings is 2. The maximum absolute atomic E-state index is 16.8. The van der Waals surface area contributed by atoms with Gasteiger partial charge in [0.05, 0.1) is 11.7 Å². The number of fused-ring (bicyclic) bond motifs is 1. The molecule has 3 amide bonds. The highest BCUT2D eigenvalue weighted by Crippen LogP contribution is 2.46. The number of ether oxygens (including phenoxy) is 3. The molecule has 2 aliphatic rings. The van der Waals surface area contributed by atoms with Gasteiger partial charge in [-0.3, -0.25) is 19.4 Å². The van der Waals surface area contributed by atoms with Crippen molar-refractivity contribution in [3.8, 4) is 5.75 Å². The number of hydrogen-bond donors (Lipinski definition) is 1. The molecule has 0 spiro atoms. The Labute approximate surface area is 296 Å². The Morgan fingerprint density at radius 1 is 0.942 bits per heavy atom. The van der Waals surface area contributed by atoms with Crippen LogP contribution in [0.4, 0.5) is 47.3 Å². The van der Waals surface area contributed by atoms with E-state index in [0.29, 0.717) is 10.5 Å². The molecule has 0 unspecified atom stereocenters. The number of carboxylic acid groups (broad SMARTS) is 1. The molecular formula is C35H41F6N3O8. The molecule has 1 aliphatic carbocycles. The summed E-state index contributed by atoms with van der Waals surface area (Å²) in [6.45, 7) is 6.51. The highest BCUT2D eigenvalue weighted by Gasteiger charge is 2.49. The predicted molar refractivity (Wildman–Crippen MR) is 175 cm³/mol. The third-order valence-electron chi connectivity index (χ3n) is 7.99. The lowest BCUT2D eigenvalue weighted by Crippen LogP contribution is -2.51. The van der Waals surface area contributed by atoms with Crippen molar-refractivity contribution in [3.05, 3.63) is 53.3 Å². The Morgan fingerprint density at radius 3 is 2.06 bits per heavy atom. The fourth-order valence-corrected chi connectivity index (χ4v) is 6.02. The zero-order valence-corrected chi connectivity index (χ0v) is 29.5. The van der Waals surface area contributed by atoms with Gasteiger partial charge in [0, 0.05) is 44.0 Å². The lowest BCUT2D eigenvalue weighted by atomic mass is 9.81. The summed E-state index contributed by atoms with van der Waals surface area (Å²) >= 11 is 0. The van der Waals surface area contributed by atoms with Crippen molar-refractivity contribution in [2.24, 2.45) is 5.92 Å². The summed E-state index contributed by atoms with van der Waals surface area (Å²) in [5.41, 5.74) is -3.67. The van der Waals surface area contributed by atoms with E-state index in [4.69, 9.17) is 14.2 Å². The van der Waals surface area contributed by atoms with Crippen LogP contribution in [-0.2, 0) is 32.1 Å². The van der Waals surface area contributed by atoms with Gasteiger partial charge in [-0.15, -0.1) is 0 Å². The van der Waals surface area contributed by atoms with Gasteiger partial charge in [-0.05, 0) is 53.0 Å². The first-order chi connectivity index (χ1) is 23.8. The summed E-state index contributed by atoms with van der Waals surface area (Å²) in [6, 6.07) is 7.77. The third-order valence-corrected chi connectivity index (χ3v) is 7.99. The maximum Gasteiger partial charge on any atom is 0.471 e. The Kier molecular flexibility index (Phi) is 11.4. The lowest BCUT2D eigenvalue weighted by molar-refractivity contribution is -0.171. The van der Waals surface area contributed by atoms with E-state index < -0.39 is 114 Å². The van der Waals surface area contributed by atoms with E-state index in [1.807, 2.05) is 0 Å². The summed E-state index contributed by atoms with van der Waals surface area (Å²) in [6.07, 6.45) is -9.77. The van der Waals surface area contributed by atoms with Crippen LogP contribution in [0.2, 0.25) is 0 Å². The molecule has 1 fully saturated rings. The van der Waals surface area contributed by atoms with Crippen LogP contribution in [0.25, 0.3) is 0 Å². The summed E-state index contributed by atoms with van der Waals surface area (Å²) in [7, 11) is 0. The van der Waals surface area contributed by atoms with Crippen LogP contribution >= 0.6 is 0 Å². The van der Waals surface area contributed by atoms with Crippen LogP contribution < -0.4 is 14.5 Å². The number of anilines is 2. The molecule has 0 saturated heterocycles. The molecule has 1 saturated carbocycles. The summed E-state index contributed by atoms with van der Waals surface area (Å²) in [5, 5.41) is 10.3. The fraction of sp³-hybridized carbons (Fsp3) is 0.543. The molecule has 4 rings (SSSR count). The number of nitrogens with zero attached hydrogens (tertiary/aromatic N) is 3. The molecule has 17 heteroatoms. The first kappa shape index (κ1) is 40.1. The van der Waals surface area contributed by atoms with Gasteiger partial charge < -0.3 is 24.2 Å². The topological polar surface area (TPSA) is 126 Å². The van der Waals surface area contributed by atoms with Gasteiger partial charge in [0.2, 0.25) is 5.92 Å². The lowest BCUT2D eigenvalue weighted by Gasteiger charge is -2.39. The number of carbonyl (C=O) groups excluding carboxylic acids is 3. The molecule has 2 aromatic rings. The third kappa shape index (κ3) is 10.00. The SMILES string of the molecule is CC(C)(C)OC(=O)CN(C(=O)C(F)(F)F)c1c(OCc2ccccc2)cc2c(c1F)C[C@H](CN(CC1CC(F)(F)C1)C(=O)OC(C)(C)C)N2C(=O)O. The van der Waals surface area contributed by atoms with Gasteiger partial charge >= 0.3 is 30.2 Å². The summed E-state index contributed by atoms with van der Waals surface area (Å²) < 4.78 is 103. The second-order valence-electron chi connectivity index (χ2n) is 14.8. The van der Waals surface area contributed by atoms with Crippen LogP contribution in [-0.4, -0.2) is 83.0 Å². The number of rotatable bonds is 10. The van der Waals surface area contributed by atoms with E-state index in [-0.39, 0.29) is 23.7 Å². The van der Waals surface area contributed by atoms with Gasteiger partial charge in [0.15, 0.2) is 5.82 Å². The van der Waals surface area contributed by atoms with E-state index in [2.05, 4.69) is 0 Å². The number of esters is 1. The molecule has 11 nitrogen and oxygen atoms in total. The first-order valence-electron chi connectivity index (χ1n) is 16.4. The molecule has 1 N–H and O–H groups in total. The van der Waals surface area contributed by atoms with Gasteiger partial charge in [-0.1, -0.05) is 30.3 Å². The van der Waals surface area contributed by atoms with Crippen molar-refractivity contribution in [1.29, 1.82) is 0 Å². The highest BCUT2D eigenvalue weighted by atomic mass is 19.4. The molecule has 2 aromatic carbocycles. The van der Waals surface area contributed by atoms with Crippen LogP contribution in [0.5, 0.6) is 5.75 Å². The van der Waals surface area contributed by atoms with Gasteiger partial charge in [0.25, 0.3) is 0 Å². The monoisotopic (exact) mass is 745 g/mol.